The van der Waals surface area contributed by atoms with Gasteiger partial charge in [0.25, 0.3) is 5.91 Å². The van der Waals surface area contributed by atoms with E-state index in [1.54, 1.807) is 19.2 Å². The molecule has 20 heavy (non-hydrogen) atoms. The molecule has 0 saturated heterocycles. The fraction of sp³-hybridized carbons (Fsp3) is 0.143. The Morgan fingerprint density at radius 1 is 1.35 bits per heavy atom. The highest BCUT2D eigenvalue weighted by atomic mass is 79.9. The Labute approximate surface area is 124 Å². The van der Waals surface area contributed by atoms with Gasteiger partial charge in [-0.15, -0.1) is 0 Å². The van der Waals surface area contributed by atoms with Crippen molar-refractivity contribution in [1.82, 2.24) is 4.98 Å². The maximum Gasteiger partial charge on any atom is 0.258 e. The van der Waals surface area contributed by atoms with Gasteiger partial charge in [0.2, 0.25) is 0 Å². The second-order valence-corrected chi connectivity index (χ2v) is 5.04. The van der Waals surface area contributed by atoms with E-state index in [4.69, 9.17) is 0 Å². The molecule has 2 aromatic rings. The number of aryl methyl sites for hydroxylation is 1. The number of benzene rings is 1. The third-order valence-corrected chi connectivity index (χ3v) is 3.65. The van der Waals surface area contributed by atoms with Crippen LogP contribution in [0.15, 0.2) is 34.9 Å². The molecule has 0 aliphatic carbocycles. The number of halogens is 2. The molecule has 0 saturated carbocycles. The molecule has 2 rings (SSSR count). The van der Waals surface area contributed by atoms with E-state index in [-0.39, 0.29) is 11.4 Å². The maximum atomic E-state index is 14.0. The molecule has 0 aliphatic heterocycles. The number of carbonyl (C=O) groups is 1. The summed E-state index contributed by atoms with van der Waals surface area (Å²) in [5.41, 5.74) is 1.59. The zero-order valence-electron chi connectivity index (χ0n) is 11.0. The third-order valence-electron chi connectivity index (χ3n) is 2.80. The second-order valence-electron chi connectivity index (χ2n) is 4.19. The summed E-state index contributed by atoms with van der Waals surface area (Å²) in [6, 6.07) is 6.73. The molecule has 2 N–H and O–H groups in total. The van der Waals surface area contributed by atoms with Crippen molar-refractivity contribution in [2.45, 2.75) is 6.92 Å². The van der Waals surface area contributed by atoms with Gasteiger partial charge in [0, 0.05) is 23.4 Å². The van der Waals surface area contributed by atoms with Crippen molar-refractivity contribution in [2.24, 2.45) is 0 Å². The van der Waals surface area contributed by atoms with Crippen LogP contribution in [0, 0.1) is 12.7 Å². The SMILES string of the molecule is CNc1nccc(C(=O)Nc2ccc(C)c(Br)c2)c1F. The molecule has 104 valence electrons. The van der Waals surface area contributed by atoms with Gasteiger partial charge in [-0.2, -0.15) is 0 Å². The van der Waals surface area contributed by atoms with Crippen molar-refractivity contribution in [3.63, 3.8) is 0 Å². The molecule has 0 fully saturated rings. The predicted octanol–water partition coefficient (Wildman–Crippen LogP) is 3.59. The van der Waals surface area contributed by atoms with Crippen LogP contribution in [0.4, 0.5) is 15.9 Å². The van der Waals surface area contributed by atoms with E-state index in [1.165, 1.54) is 12.3 Å². The Balaban J connectivity index is 2.26. The molecule has 0 spiro atoms. The lowest BCUT2D eigenvalue weighted by Gasteiger charge is -2.09. The normalized spacial score (nSPS) is 10.2. The van der Waals surface area contributed by atoms with E-state index in [9.17, 15) is 9.18 Å². The molecule has 1 heterocycles. The molecular formula is C14H13BrFN3O. The second kappa shape index (κ2) is 6.00. The van der Waals surface area contributed by atoms with Crippen LogP contribution in [-0.2, 0) is 0 Å². The lowest BCUT2D eigenvalue weighted by molar-refractivity contribution is 0.102. The van der Waals surface area contributed by atoms with Gasteiger partial charge < -0.3 is 10.6 Å². The molecule has 0 atom stereocenters. The van der Waals surface area contributed by atoms with Crippen LogP contribution in [0.25, 0.3) is 0 Å². The van der Waals surface area contributed by atoms with E-state index >= 15 is 0 Å². The van der Waals surface area contributed by atoms with Crippen molar-refractivity contribution < 1.29 is 9.18 Å². The lowest BCUT2D eigenvalue weighted by atomic mass is 10.2. The first kappa shape index (κ1) is 14.5. The van der Waals surface area contributed by atoms with Crippen molar-refractivity contribution in [2.75, 3.05) is 17.7 Å². The minimum Gasteiger partial charge on any atom is -0.371 e. The van der Waals surface area contributed by atoms with Crippen LogP contribution in [0.3, 0.4) is 0 Å². The summed E-state index contributed by atoms with van der Waals surface area (Å²) in [5, 5.41) is 5.25. The Kier molecular flexibility index (Phi) is 4.34. The molecular weight excluding hydrogens is 325 g/mol. The summed E-state index contributed by atoms with van der Waals surface area (Å²) >= 11 is 3.38. The fourth-order valence-corrected chi connectivity index (χ4v) is 2.04. The summed E-state index contributed by atoms with van der Waals surface area (Å²) in [4.78, 5) is 15.9. The molecule has 0 bridgehead atoms. The topological polar surface area (TPSA) is 54.0 Å². The summed E-state index contributed by atoms with van der Waals surface area (Å²) in [6.07, 6.45) is 1.38. The van der Waals surface area contributed by atoms with Gasteiger partial charge in [-0.3, -0.25) is 4.79 Å². The van der Waals surface area contributed by atoms with E-state index in [0.717, 1.165) is 10.0 Å². The van der Waals surface area contributed by atoms with Crippen LogP contribution < -0.4 is 10.6 Å². The van der Waals surface area contributed by atoms with Crippen LogP contribution >= 0.6 is 15.9 Å². The minimum atomic E-state index is -0.668. The standard InChI is InChI=1S/C14H13BrFN3O/c1-8-3-4-9(7-11(8)15)19-14(20)10-5-6-18-13(17-2)12(10)16/h3-7H,1-2H3,(H,17,18)(H,19,20). The van der Waals surface area contributed by atoms with Gasteiger partial charge >= 0.3 is 0 Å². The first-order chi connectivity index (χ1) is 9.52. The van der Waals surface area contributed by atoms with E-state index in [2.05, 4.69) is 31.5 Å². The van der Waals surface area contributed by atoms with Crippen molar-refractivity contribution in [3.05, 3.63) is 51.9 Å². The molecule has 6 heteroatoms. The monoisotopic (exact) mass is 337 g/mol. The average Bonchev–Trinajstić information content (AvgIpc) is 2.43. The quantitative estimate of drug-likeness (QED) is 0.899. The largest absolute Gasteiger partial charge is 0.371 e. The van der Waals surface area contributed by atoms with Gasteiger partial charge in [-0.05, 0) is 30.7 Å². The summed E-state index contributed by atoms with van der Waals surface area (Å²) in [5.74, 6) is -1.14. The maximum absolute atomic E-state index is 14.0. The summed E-state index contributed by atoms with van der Waals surface area (Å²) in [7, 11) is 1.55. The zero-order valence-corrected chi connectivity index (χ0v) is 12.6. The fourth-order valence-electron chi connectivity index (χ4n) is 1.66. The van der Waals surface area contributed by atoms with E-state index in [1.807, 2.05) is 13.0 Å². The number of hydrogen-bond donors (Lipinski definition) is 2. The highest BCUT2D eigenvalue weighted by molar-refractivity contribution is 9.10. The Bertz CT molecular complexity index is 661. The smallest absolute Gasteiger partial charge is 0.258 e. The average molecular weight is 338 g/mol. The third kappa shape index (κ3) is 2.96. The molecule has 0 aliphatic rings. The van der Waals surface area contributed by atoms with Gasteiger partial charge in [0.15, 0.2) is 11.6 Å². The van der Waals surface area contributed by atoms with Crippen molar-refractivity contribution in [1.29, 1.82) is 0 Å². The Hall–Kier alpha value is -1.95. The number of nitrogens with zero attached hydrogens (tertiary/aromatic N) is 1. The number of nitrogens with one attached hydrogen (secondary N) is 2. The first-order valence-electron chi connectivity index (χ1n) is 5.92. The lowest BCUT2D eigenvalue weighted by Crippen LogP contribution is -2.15. The van der Waals surface area contributed by atoms with Crippen LogP contribution in [-0.4, -0.2) is 17.9 Å². The number of aromatic nitrogens is 1. The van der Waals surface area contributed by atoms with E-state index in [0.29, 0.717) is 5.69 Å². The summed E-state index contributed by atoms with van der Waals surface area (Å²) < 4.78 is 14.9. The molecule has 0 unspecified atom stereocenters. The number of anilines is 2. The number of hydrogen-bond acceptors (Lipinski definition) is 3. The number of pyridine rings is 1. The highest BCUT2D eigenvalue weighted by Gasteiger charge is 2.15. The van der Waals surface area contributed by atoms with Gasteiger partial charge in [-0.1, -0.05) is 22.0 Å². The summed E-state index contributed by atoms with van der Waals surface area (Å²) in [6.45, 7) is 1.94. The van der Waals surface area contributed by atoms with Crippen LogP contribution in [0.5, 0.6) is 0 Å². The zero-order chi connectivity index (χ0) is 14.7. The Morgan fingerprint density at radius 2 is 2.10 bits per heavy atom. The number of amides is 1. The predicted molar refractivity (Wildman–Crippen MR) is 80.6 cm³/mol. The number of rotatable bonds is 3. The highest BCUT2D eigenvalue weighted by Crippen LogP contribution is 2.22. The minimum absolute atomic E-state index is 0.0442. The van der Waals surface area contributed by atoms with Crippen molar-refractivity contribution in [3.8, 4) is 0 Å². The van der Waals surface area contributed by atoms with Gasteiger partial charge in [-0.25, -0.2) is 9.37 Å². The number of carbonyl (C=O) groups excluding carboxylic acids is 1. The molecule has 0 radical (unpaired) electrons. The Morgan fingerprint density at radius 3 is 2.75 bits per heavy atom. The molecule has 4 nitrogen and oxygen atoms in total. The first-order valence-corrected chi connectivity index (χ1v) is 6.72. The molecule has 1 amide bonds. The molecule has 1 aromatic heterocycles. The van der Waals surface area contributed by atoms with Crippen LogP contribution in [0.2, 0.25) is 0 Å². The molecule has 1 aromatic carbocycles. The van der Waals surface area contributed by atoms with Crippen molar-refractivity contribution >= 4 is 33.3 Å². The van der Waals surface area contributed by atoms with E-state index < -0.39 is 11.7 Å². The van der Waals surface area contributed by atoms with Gasteiger partial charge in [0.05, 0.1) is 5.56 Å². The van der Waals surface area contributed by atoms with Crippen LogP contribution in [0.1, 0.15) is 15.9 Å². The van der Waals surface area contributed by atoms with Gasteiger partial charge in [0.1, 0.15) is 0 Å².